The van der Waals surface area contributed by atoms with Crippen molar-refractivity contribution < 1.29 is 4.74 Å². The Hall–Kier alpha value is -4.23. The summed E-state index contributed by atoms with van der Waals surface area (Å²) in [5, 5.41) is 17.3. The second-order valence-electron chi connectivity index (χ2n) is 6.89. The third-order valence-corrected chi connectivity index (χ3v) is 4.65. The Morgan fingerprint density at radius 3 is 2.94 bits per heavy atom. The van der Waals surface area contributed by atoms with Gasteiger partial charge in [0.2, 0.25) is 5.95 Å². The standard InChI is InChI=1S/C21H20N8O2/c1-31-6-5-28-13-18(11-25-28)26-21-24-10-16-8-15(9-22)20(30)29(19(16)27-21)12-14-3-2-4-17(23)7-14/h2-4,7-8,10-11,13H,5-6,12,23H2,1H3,(H,24,26,27). The maximum Gasteiger partial charge on any atom is 0.270 e. The number of nitrogens with two attached hydrogens (primary N) is 1. The maximum absolute atomic E-state index is 12.9. The Labute approximate surface area is 177 Å². The van der Waals surface area contributed by atoms with Crippen LogP contribution in [-0.4, -0.2) is 38.0 Å². The summed E-state index contributed by atoms with van der Waals surface area (Å²) in [5.74, 6) is 0.309. The molecule has 3 heterocycles. The molecule has 4 aromatic rings. The van der Waals surface area contributed by atoms with Gasteiger partial charge >= 0.3 is 0 Å². The number of rotatable bonds is 7. The number of nitrogens with zero attached hydrogens (tertiary/aromatic N) is 6. The van der Waals surface area contributed by atoms with Gasteiger partial charge in [-0.15, -0.1) is 0 Å². The lowest BCUT2D eigenvalue weighted by molar-refractivity contribution is 0.183. The van der Waals surface area contributed by atoms with Crippen LogP contribution in [-0.2, 0) is 17.8 Å². The molecule has 0 fully saturated rings. The molecule has 3 N–H and O–H groups in total. The van der Waals surface area contributed by atoms with Crippen LogP contribution in [0.2, 0.25) is 0 Å². The number of nitriles is 1. The number of hydrogen-bond donors (Lipinski definition) is 2. The number of anilines is 3. The summed E-state index contributed by atoms with van der Waals surface area (Å²) in [5.41, 5.74) is 8.01. The first-order valence-electron chi connectivity index (χ1n) is 9.51. The highest BCUT2D eigenvalue weighted by Gasteiger charge is 2.13. The number of nitrogens with one attached hydrogen (secondary N) is 1. The van der Waals surface area contributed by atoms with Crippen molar-refractivity contribution in [1.82, 2.24) is 24.3 Å². The van der Waals surface area contributed by atoms with Gasteiger partial charge in [-0.1, -0.05) is 12.1 Å². The molecule has 0 saturated carbocycles. The van der Waals surface area contributed by atoms with Crippen molar-refractivity contribution in [3.63, 3.8) is 0 Å². The fraction of sp³-hybridized carbons (Fsp3) is 0.190. The molecule has 0 atom stereocenters. The smallest absolute Gasteiger partial charge is 0.270 e. The molecule has 0 spiro atoms. The Bertz CT molecular complexity index is 1340. The van der Waals surface area contributed by atoms with Gasteiger partial charge in [-0.25, -0.2) is 4.98 Å². The molecular weight excluding hydrogens is 396 g/mol. The minimum atomic E-state index is -0.422. The number of benzene rings is 1. The van der Waals surface area contributed by atoms with E-state index in [1.54, 1.807) is 36.3 Å². The number of nitrogen functional groups attached to an aromatic ring is 1. The molecule has 0 radical (unpaired) electrons. The van der Waals surface area contributed by atoms with E-state index < -0.39 is 5.56 Å². The van der Waals surface area contributed by atoms with E-state index in [-0.39, 0.29) is 12.1 Å². The van der Waals surface area contributed by atoms with Gasteiger partial charge in [0, 0.05) is 30.6 Å². The highest BCUT2D eigenvalue weighted by Crippen LogP contribution is 2.18. The Balaban J connectivity index is 1.73. The second kappa shape index (κ2) is 8.64. The zero-order valence-electron chi connectivity index (χ0n) is 16.8. The van der Waals surface area contributed by atoms with Gasteiger partial charge in [0.05, 0.1) is 31.6 Å². The Kier molecular flexibility index (Phi) is 5.59. The summed E-state index contributed by atoms with van der Waals surface area (Å²) in [6, 6.07) is 10.7. The molecule has 1 aromatic carbocycles. The first-order valence-corrected chi connectivity index (χ1v) is 9.51. The first kappa shape index (κ1) is 20.1. The highest BCUT2D eigenvalue weighted by molar-refractivity contribution is 5.77. The lowest BCUT2D eigenvalue weighted by atomic mass is 10.2. The van der Waals surface area contributed by atoms with Crippen LogP contribution in [0.25, 0.3) is 11.0 Å². The molecule has 31 heavy (non-hydrogen) atoms. The van der Waals surface area contributed by atoms with Gasteiger partial charge in [-0.05, 0) is 23.8 Å². The topological polar surface area (TPSA) is 137 Å². The molecule has 0 bridgehead atoms. The van der Waals surface area contributed by atoms with Crippen molar-refractivity contribution in [2.24, 2.45) is 0 Å². The van der Waals surface area contributed by atoms with Gasteiger partial charge < -0.3 is 15.8 Å². The quantitative estimate of drug-likeness (QED) is 0.436. The second-order valence-corrected chi connectivity index (χ2v) is 6.89. The summed E-state index contributed by atoms with van der Waals surface area (Å²) < 4.78 is 8.25. The molecule has 10 heteroatoms. The molecule has 0 amide bonds. The molecule has 0 saturated heterocycles. The van der Waals surface area contributed by atoms with Crippen molar-refractivity contribution >= 4 is 28.4 Å². The third-order valence-electron chi connectivity index (χ3n) is 4.65. The van der Waals surface area contributed by atoms with Crippen LogP contribution in [0.3, 0.4) is 0 Å². The van der Waals surface area contributed by atoms with Crippen LogP contribution in [0.5, 0.6) is 0 Å². The lowest BCUT2D eigenvalue weighted by Gasteiger charge is -2.12. The third kappa shape index (κ3) is 4.36. The zero-order valence-corrected chi connectivity index (χ0v) is 16.8. The summed E-state index contributed by atoms with van der Waals surface area (Å²) in [4.78, 5) is 21.7. The average Bonchev–Trinajstić information content (AvgIpc) is 3.21. The van der Waals surface area contributed by atoms with E-state index in [2.05, 4.69) is 20.4 Å². The van der Waals surface area contributed by atoms with Gasteiger partial charge in [0.25, 0.3) is 5.56 Å². The van der Waals surface area contributed by atoms with E-state index in [1.165, 1.54) is 10.6 Å². The summed E-state index contributed by atoms with van der Waals surface area (Å²) >= 11 is 0. The summed E-state index contributed by atoms with van der Waals surface area (Å²) in [6.45, 7) is 1.39. The maximum atomic E-state index is 12.9. The van der Waals surface area contributed by atoms with Crippen molar-refractivity contribution in [3.8, 4) is 6.07 Å². The number of hydrogen-bond acceptors (Lipinski definition) is 8. The van der Waals surface area contributed by atoms with Gasteiger partial charge in [0.15, 0.2) is 0 Å². The van der Waals surface area contributed by atoms with Crippen LogP contribution in [0.4, 0.5) is 17.3 Å². The number of aromatic nitrogens is 5. The molecule has 4 rings (SSSR count). The van der Waals surface area contributed by atoms with Crippen molar-refractivity contribution in [2.45, 2.75) is 13.1 Å². The van der Waals surface area contributed by atoms with Crippen molar-refractivity contribution in [3.05, 3.63) is 70.4 Å². The van der Waals surface area contributed by atoms with E-state index in [1.807, 2.05) is 24.4 Å². The fourth-order valence-corrected chi connectivity index (χ4v) is 3.18. The van der Waals surface area contributed by atoms with Crippen LogP contribution in [0.1, 0.15) is 11.1 Å². The van der Waals surface area contributed by atoms with Crippen LogP contribution in [0, 0.1) is 11.3 Å². The van der Waals surface area contributed by atoms with Gasteiger partial charge in [0.1, 0.15) is 17.3 Å². The Morgan fingerprint density at radius 1 is 1.29 bits per heavy atom. The fourth-order valence-electron chi connectivity index (χ4n) is 3.18. The molecule has 10 nitrogen and oxygen atoms in total. The molecule has 0 aliphatic carbocycles. The van der Waals surface area contributed by atoms with E-state index in [0.717, 1.165) is 5.56 Å². The van der Waals surface area contributed by atoms with Crippen molar-refractivity contribution in [1.29, 1.82) is 5.26 Å². The minimum Gasteiger partial charge on any atom is -0.399 e. The summed E-state index contributed by atoms with van der Waals surface area (Å²) in [6.07, 6.45) is 5.04. The van der Waals surface area contributed by atoms with Gasteiger partial charge in [-0.2, -0.15) is 15.3 Å². The predicted octanol–water partition coefficient (Wildman–Crippen LogP) is 1.88. The van der Waals surface area contributed by atoms with E-state index in [0.29, 0.717) is 41.5 Å². The molecule has 0 aliphatic heterocycles. The monoisotopic (exact) mass is 416 g/mol. The van der Waals surface area contributed by atoms with Crippen LogP contribution < -0.4 is 16.6 Å². The average molecular weight is 416 g/mol. The van der Waals surface area contributed by atoms with E-state index in [4.69, 9.17) is 10.5 Å². The van der Waals surface area contributed by atoms with E-state index in [9.17, 15) is 10.1 Å². The number of ether oxygens (including phenoxy) is 1. The van der Waals surface area contributed by atoms with E-state index >= 15 is 0 Å². The predicted molar refractivity (Wildman–Crippen MR) is 116 cm³/mol. The highest BCUT2D eigenvalue weighted by atomic mass is 16.5. The molecular formula is C21H20N8O2. The van der Waals surface area contributed by atoms with Crippen LogP contribution >= 0.6 is 0 Å². The largest absolute Gasteiger partial charge is 0.399 e. The normalized spacial score (nSPS) is 10.8. The first-order chi connectivity index (χ1) is 15.1. The minimum absolute atomic E-state index is 0.0279. The number of fused-ring (bicyclic) bond motifs is 1. The van der Waals surface area contributed by atoms with Crippen LogP contribution in [0.15, 0.2) is 53.7 Å². The molecule has 3 aromatic heterocycles. The molecule has 156 valence electrons. The zero-order chi connectivity index (χ0) is 21.8. The lowest BCUT2D eigenvalue weighted by Crippen LogP contribution is -2.24. The SMILES string of the molecule is COCCn1cc(Nc2ncc3cc(C#N)c(=O)n(Cc4cccc(N)c4)c3n2)cn1. The number of methoxy groups -OCH3 is 1. The number of pyridine rings is 1. The molecule has 0 unspecified atom stereocenters. The van der Waals surface area contributed by atoms with Crippen molar-refractivity contribution in [2.75, 3.05) is 24.8 Å². The Morgan fingerprint density at radius 2 is 2.16 bits per heavy atom. The van der Waals surface area contributed by atoms with Gasteiger partial charge in [-0.3, -0.25) is 14.0 Å². The molecule has 0 aliphatic rings. The summed E-state index contributed by atoms with van der Waals surface area (Å²) in [7, 11) is 1.63.